The highest BCUT2D eigenvalue weighted by atomic mass is 16.5. The van der Waals surface area contributed by atoms with E-state index in [1.54, 1.807) is 14.2 Å². The lowest BCUT2D eigenvalue weighted by atomic mass is 10.1. The van der Waals surface area contributed by atoms with E-state index in [2.05, 4.69) is 29.6 Å². The second-order valence-corrected chi connectivity index (χ2v) is 3.67. The molecule has 3 nitrogen and oxygen atoms in total. The molecule has 0 fully saturated rings. The van der Waals surface area contributed by atoms with Crippen molar-refractivity contribution >= 4 is 5.69 Å². The van der Waals surface area contributed by atoms with Crippen LogP contribution < -0.4 is 5.32 Å². The lowest BCUT2D eigenvalue weighted by Crippen LogP contribution is -2.07. The molecule has 0 aliphatic carbocycles. The molecule has 0 atom stereocenters. The highest BCUT2D eigenvalue weighted by Crippen LogP contribution is 2.15. The summed E-state index contributed by atoms with van der Waals surface area (Å²) in [5.74, 6) is 0. The molecule has 0 unspecified atom stereocenters. The van der Waals surface area contributed by atoms with Crippen LogP contribution in [0.3, 0.4) is 0 Å². The summed E-state index contributed by atoms with van der Waals surface area (Å²) in [4.78, 5) is 0. The molecular weight excluding hydrogens is 202 g/mol. The number of hydrogen-bond donors (Lipinski definition) is 1. The van der Waals surface area contributed by atoms with E-state index in [1.165, 1.54) is 11.3 Å². The van der Waals surface area contributed by atoms with Crippen molar-refractivity contribution in [2.24, 2.45) is 0 Å². The molecule has 0 aliphatic rings. The van der Waals surface area contributed by atoms with E-state index in [0.29, 0.717) is 0 Å². The van der Waals surface area contributed by atoms with Crippen LogP contribution in [0, 0.1) is 0 Å². The molecule has 0 amide bonds. The largest absolute Gasteiger partial charge is 0.385 e. The SMILES string of the molecule is COCCCNc1ccccc1CCOC. The van der Waals surface area contributed by atoms with Gasteiger partial charge < -0.3 is 14.8 Å². The van der Waals surface area contributed by atoms with Crippen molar-refractivity contribution in [3.05, 3.63) is 29.8 Å². The van der Waals surface area contributed by atoms with Gasteiger partial charge in [0.25, 0.3) is 0 Å². The average Bonchev–Trinajstić information content (AvgIpc) is 2.33. The van der Waals surface area contributed by atoms with Gasteiger partial charge in [-0.15, -0.1) is 0 Å². The minimum absolute atomic E-state index is 0.761. The number of benzene rings is 1. The summed E-state index contributed by atoms with van der Waals surface area (Å²) in [6, 6.07) is 8.36. The second kappa shape index (κ2) is 8.13. The lowest BCUT2D eigenvalue weighted by Gasteiger charge is -2.11. The Morgan fingerprint density at radius 1 is 1.06 bits per heavy atom. The fraction of sp³-hybridized carbons (Fsp3) is 0.538. The number of rotatable bonds is 8. The molecule has 0 bridgehead atoms. The van der Waals surface area contributed by atoms with Crippen LogP contribution in [-0.2, 0) is 15.9 Å². The predicted molar refractivity (Wildman–Crippen MR) is 67.0 cm³/mol. The molecule has 0 aliphatic heterocycles. The van der Waals surface area contributed by atoms with Crippen molar-refractivity contribution in [2.75, 3.05) is 39.3 Å². The van der Waals surface area contributed by atoms with Crippen LogP contribution in [0.5, 0.6) is 0 Å². The Balaban J connectivity index is 2.43. The van der Waals surface area contributed by atoms with Crippen LogP contribution in [0.1, 0.15) is 12.0 Å². The number of anilines is 1. The molecule has 0 saturated heterocycles. The second-order valence-electron chi connectivity index (χ2n) is 3.67. The van der Waals surface area contributed by atoms with E-state index in [9.17, 15) is 0 Å². The van der Waals surface area contributed by atoms with Gasteiger partial charge >= 0.3 is 0 Å². The first kappa shape index (κ1) is 13.0. The van der Waals surface area contributed by atoms with Crippen molar-refractivity contribution in [1.82, 2.24) is 0 Å². The van der Waals surface area contributed by atoms with Crippen LogP contribution >= 0.6 is 0 Å². The normalized spacial score (nSPS) is 10.4. The molecule has 90 valence electrons. The van der Waals surface area contributed by atoms with Crippen molar-refractivity contribution in [3.63, 3.8) is 0 Å². The minimum Gasteiger partial charge on any atom is -0.385 e. The summed E-state index contributed by atoms with van der Waals surface area (Å²) in [5, 5.41) is 3.42. The Morgan fingerprint density at radius 2 is 1.81 bits per heavy atom. The van der Waals surface area contributed by atoms with Crippen molar-refractivity contribution in [1.29, 1.82) is 0 Å². The molecule has 0 radical (unpaired) electrons. The minimum atomic E-state index is 0.761. The van der Waals surface area contributed by atoms with E-state index in [1.807, 2.05) is 0 Å². The van der Waals surface area contributed by atoms with Crippen LogP contribution in [0.2, 0.25) is 0 Å². The summed E-state index contributed by atoms with van der Waals surface area (Å²) < 4.78 is 10.1. The number of nitrogens with one attached hydrogen (secondary N) is 1. The van der Waals surface area contributed by atoms with E-state index in [4.69, 9.17) is 9.47 Å². The fourth-order valence-corrected chi connectivity index (χ4v) is 1.56. The van der Waals surface area contributed by atoms with Gasteiger partial charge in [0.1, 0.15) is 0 Å². The third-order valence-electron chi connectivity index (χ3n) is 2.43. The zero-order valence-electron chi connectivity index (χ0n) is 10.2. The molecule has 3 heteroatoms. The van der Waals surface area contributed by atoms with Gasteiger partial charge in [-0.1, -0.05) is 18.2 Å². The number of para-hydroxylation sites is 1. The summed E-state index contributed by atoms with van der Waals surface area (Å²) in [5.41, 5.74) is 2.51. The maximum Gasteiger partial charge on any atom is 0.0503 e. The highest BCUT2D eigenvalue weighted by molar-refractivity contribution is 5.51. The Hall–Kier alpha value is -1.06. The van der Waals surface area contributed by atoms with Gasteiger partial charge in [-0.25, -0.2) is 0 Å². The standard InChI is InChI=1S/C13H21NO2/c1-15-10-5-9-14-13-7-4-3-6-12(13)8-11-16-2/h3-4,6-7,14H,5,8-11H2,1-2H3. The lowest BCUT2D eigenvalue weighted by molar-refractivity contribution is 0.197. The monoisotopic (exact) mass is 223 g/mol. The van der Waals surface area contributed by atoms with Gasteiger partial charge in [0.15, 0.2) is 0 Å². The molecule has 0 spiro atoms. The summed E-state index contributed by atoms with van der Waals surface area (Å²) in [6.07, 6.45) is 1.97. The molecule has 0 heterocycles. The third-order valence-corrected chi connectivity index (χ3v) is 2.43. The Kier molecular flexibility index (Phi) is 6.61. The first-order valence-electron chi connectivity index (χ1n) is 5.68. The molecule has 1 N–H and O–H groups in total. The maximum absolute atomic E-state index is 5.10. The molecule has 0 saturated carbocycles. The summed E-state index contributed by atoms with van der Waals surface area (Å²) >= 11 is 0. The molecule has 0 aromatic heterocycles. The molecule has 1 aromatic carbocycles. The topological polar surface area (TPSA) is 30.5 Å². The van der Waals surface area contributed by atoms with Crippen LogP contribution in [-0.4, -0.2) is 34.0 Å². The number of ether oxygens (including phenoxy) is 2. The first-order chi connectivity index (χ1) is 7.88. The Bertz CT molecular complexity index is 289. The molecule has 1 aromatic rings. The number of methoxy groups -OCH3 is 2. The number of hydrogen-bond acceptors (Lipinski definition) is 3. The van der Waals surface area contributed by atoms with E-state index >= 15 is 0 Å². The van der Waals surface area contributed by atoms with E-state index in [0.717, 1.165) is 32.6 Å². The fourth-order valence-electron chi connectivity index (χ4n) is 1.56. The van der Waals surface area contributed by atoms with Crippen LogP contribution in [0.15, 0.2) is 24.3 Å². The average molecular weight is 223 g/mol. The Morgan fingerprint density at radius 3 is 2.56 bits per heavy atom. The van der Waals surface area contributed by atoms with Crippen molar-refractivity contribution < 1.29 is 9.47 Å². The van der Waals surface area contributed by atoms with Crippen molar-refractivity contribution in [2.45, 2.75) is 12.8 Å². The van der Waals surface area contributed by atoms with Gasteiger partial charge in [-0.3, -0.25) is 0 Å². The zero-order chi connectivity index (χ0) is 11.6. The van der Waals surface area contributed by atoms with Crippen molar-refractivity contribution in [3.8, 4) is 0 Å². The van der Waals surface area contributed by atoms with Gasteiger partial charge in [-0.2, -0.15) is 0 Å². The van der Waals surface area contributed by atoms with Gasteiger partial charge in [0.05, 0.1) is 6.61 Å². The smallest absolute Gasteiger partial charge is 0.0503 e. The quantitative estimate of drug-likeness (QED) is 0.686. The van der Waals surface area contributed by atoms with E-state index in [-0.39, 0.29) is 0 Å². The van der Waals surface area contributed by atoms with Gasteiger partial charge in [-0.05, 0) is 24.5 Å². The summed E-state index contributed by atoms with van der Waals surface area (Å²) in [7, 11) is 3.46. The van der Waals surface area contributed by atoms with Gasteiger partial charge in [0.2, 0.25) is 0 Å². The molecule has 16 heavy (non-hydrogen) atoms. The predicted octanol–water partition coefficient (Wildman–Crippen LogP) is 2.32. The van der Waals surface area contributed by atoms with Crippen LogP contribution in [0.4, 0.5) is 5.69 Å². The van der Waals surface area contributed by atoms with Crippen LogP contribution in [0.25, 0.3) is 0 Å². The zero-order valence-corrected chi connectivity index (χ0v) is 10.2. The molecule has 1 rings (SSSR count). The van der Waals surface area contributed by atoms with E-state index < -0.39 is 0 Å². The van der Waals surface area contributed by atoms with Gasteiger partial charge in [0, 0.05) is 33.1 Å². The maximum atomic E-state index is 5.10. The third kappa shape index (κ3) is 4.64. The first-order valence-corrected chi connectivity index (χ1v) is 5.68. The molecular formula is C13H21NO2. The highest BCUT2D eigenvalue weighted by Gasteiger charge is 2.00. The Labute approximate surface area is 97.8 Å². The summed E-state index contributed by atoms with van der Waals surface area (Å²) in [6.45, 7) is 2.50.